The van der Waals surface area contributed by atoms with Crippen LogP contribution in [0.5, 0.6) is 0 Å². The van der Waals surface area contributed by atoms with Crippen molar-refractivity contribution in [1.29, 1.82) is 0 Å². The molecule has 2 aromatic rings. The number of nitrogens with zero attached hydrogens (tertiary/aromatic N) is 2. The highest BCUT2D eigenvalue weighted by Gasteiger charge is 2.27. The summed E-state index contributed by atoms with van der Waals surface area (Å²) in [5.74, 6) is -1.14. The van der Waals surface area contributed by atoms with Gasteiger partial charge >= 0.3 is 0 Å². The maximum absolute atomic E-state index is 13.3. The number of nitrogens with one attached hydrogen (secondary N) is 1. The van der Waals surface area contributed by atoms with E-state index < -0.39 is 21.9 Å². The first-order valence-corrected chi connectivity index (χ1v) is 13.7. The molecule has 11 heteroatoms. The van der Waals surface area contributed by atoms with Gasteiger partial charge in [0.15, 0.2) is 0 Å². The summed E-state index contributed by atoms with van der Waals surface area (Å²) in [5, 5.41) is 3.62. The smallest absolute Gasteiger partial charge is 0.242 e. The van der Waals surface area contributed by atoms with E-state index in [0.717, 1.165) is 10.6 Å². The molecule has 2 amide bonds. The lowest BCUT2D eigenvalue weighted by molar-refractivity contribution is -0.140. The molecular formula is C24H30Cl2FN3O4S. The Kier molecular flexibility index (Phi) is 10.4. The average molecular weight is 546 g/mol. The number of amides is 2. The third-order valence-corrected chi connectivity index (χ3v) is 7.00. The van der Waals surface area contributed by atoms with Crippen LogP contribution in [0, 0.1) is 5.82 Å². The Balaban J connectivity index is 2.19. The van der Waals surface area contributed by atoms with Gasteiger partial charge in [-0.3, -0.25) is 13.9 Å². The first kappa shape index (κ1) is 28.9. The molecule has 2 rings (SSSR count). The summed E-state index contributed by atoms with van der Waals surface area (Å²) < 4.78 is 39.0. The van der Waals surface area contributed by atoms with Crippen LogP contribution in [-0.4, -0.2) is 50.0 Å². The Morgan fingerprint density at radius 3 is 2.23 bits per heavy atom. The second-order valence-electron chi connectivity index (χ2n) is 8.51. The lowest BCUT2D eigenvalue weighted by Crippen LogP contribution is -2.49. The quantitative estimate of drug-likeness (QED) is 0.446. The Bertz CT molecular complexity index is 1140. The molecule has 1 atom stereocenters. The summed E-state index contributed by atoms with van der Waals surface area (Å²) in [4.78, 5) is 27.3. The van der Waals surface area contributed by atoms with Crippen LogP contribution in [-0.2, 0) is 26.2 Å². The van der Waals surface area contributed by atoms with Crippen LogP contribution in [0.2, 0.25) is 10.0 Å². The molecule has 192 valence electrons. The number of carbonyl (C=O) groups is 2. The van der Waals surface area contributed by atoms with Gasteiger partial charge in [-0.25, -0.2) is 12.8 Å². The third-order valence-electron chi connectivity index (χ3n) is 5.22. The molecule has 0 aromatic heterocycles. The van der Waals surface area contributed by atoms with E-state index in [1.54, 1.807) is 25.1 Å². The van der Waals surface area contributed by atoms with Crippen molar-refractivity contribution in [2.75, 3.05) is 17.1 Å². The minimum atomic E-state index is -3.66. The lowest BCUT2D eigenvalue weighted by Gasteiger charge is -2.30. The molecule has 0 unspecified atom stereocenters. The molecule has 0 radical (unpaired) electrons. The third kappa shape index (κ3) is 8.66. The van der Waals surface area contributed by atoms with Gasteiger partial charge in [0.1, 0.15) is 11.9 Å². The predicted molar refractivity (Wildman–Crippen MR) is 138 cm³/mol. The van der Waals surface area contributed by atoms with Gasteiger partial charge in [-0.05, 0) is 69.2 Å². The van der Waals surface area contributed by atoms with Gasteiger partial charge in [0.05, 0.1) is 11.9 Å². The zero-order valence-electron chi connectivity index (χ0n) is 20.1. The van der Waals surface area contributed by atoms with Crippen LogP contribution >= 0.6 is 23.2 Å². The fourth-order valence-corrected chi connectivity index (χ4v) is 4.87. The first-order chi connectivity index (χ1) is 16.3. The highest BCUT2D eigenvalue weighted by atomic mass is 35.5. The topological polar surface area (TPSA) is 86.8 Å². The zero-order chi connectivity index (χ0) is 26.3. The molecule has 0 heterocycles. The number of sulfonamides is 1. The minimum Gasteiger partial charge on any atom is -0.352 e. The molecule has 0 saturated heterocycles. The van der Waals surface area contributed by atoms with Crippen LogP contribution < -0.4 is 9.62 Å². The Morgan fingerprint density at radius 1 is 1.06 bits per heavy atom. The molecule has 0 aliphatic heterocycles. The Hall–Kier alpha value is -2.36. The molecule has 1 N–H and O–H groups in total. The predicted octanol–water partition coefficient (Wildman–Crippen LogP) is 4.62. The summed E-state index contributed by atoms with van der Waals surface area (Å²) in [5.41, 5.74) is 0.925. The second-order valence-corrected chi connectivity index (χ2v) is 11.3. The number of hydrogen-bond acceptors (Lipinski definition) is 4. The van der Waals surface area contributed by atoms with Crippen LogP contribution in [0.1, 0.15) is 39.2 Å². The molecule has 7 nitrogen and oxygen atoms in total. The summed E-state index contributed by atoms with van der Waals surface area (Å²) in [6, 6.07) is 9.08. The van der Waals surface area contributed by atoms with Gasteiger partial charge in [-0.1, -0.05) is 29.3 Å². The van der Waals surface area contributed by atoms with Crippen molar-refractivity contribution in [3.8, 4) is 0 Å². The molecule has 0 bridgehead atoms. The minimum absolute atomic E-state index is 0.0122. The molecule has 0 aliphatic rings. The molecule has 0 aliphatic carbocycles. The van der Waals surface area contributed by atoms with Crippen molar-refractivity contribution >= 4 is 50.7 Å². The van der Waals surface area contributed by atoms with Gasteiger partial charge in [-0.15, -0.1) is 0 Å². The normalized spacial score (nSPS) is 12.3. The standard InChI is InChI=1S/C24H30Cl2FN3O4S/c1-16(2)28-24(32)17(3)29(15-18-7-8-19(25)14-22(18)26)23(31)6-5-13-30(35(4,33)34)21-11-9-20(27)10-12-21/h7-12,14,16-17H,5-6,13,15H2,1-4H3,(H,28,32)/t17-/m0/s1. The van der Waals surface area contributed by atoms with E-state index in [1.807, 2.05) is 13.8 Å². The number of hydrogen-bond donors (Lipinski definition) is 1. The Labute approximate surface area is 216 Å². The molecule has 35 heavy (non-hydrogen) atoms. The SMILES string of the molecule is CC(C)NC(=O)[C@H](C)N(Cc1ccc(Cl)cc1Cl)C(=O)CCCN(c1ccc(F)cc1)S(C)(=O)=O. The summed E-state index contributed by atoms with van der Waals surface area (Å²) in [6.45, 7) is 5.36. The largest absolute Gasteiger partial charge is 0.352 e. The van der Waals surface area contributed by atoms with E-state index in [2.05, 4.69) is 5.32 Å². The lowest BCUT2D eigenvalue weighted by atomic mass is 10.1. The zero-order valence-corrected chi connectivity index (χ0v) is 22.4. The monoisotopic (exact) mass is 545 g/mol. The molecular weight excluding hydrogens is 516 g/mol. The van der Waals surface area contributed by atoms with Crippen molar-refractivity contribution in [2.45, 2.75) is 52.2 Å². The maximum atomic E-state index is 13.3. The van der Waals surface area contributed by atoms with Crippen molar-refractivity contribution < 1.29 is 22.4 Å². The van der Waals surface area contributed by atoms with E-state index in [4.69, 9.17) is 23.2 Å². The van der Waals surface area contributed by atoms with Crippen LogP contribution in [0.3, 0.4) is 0 Å². The number of benzene rings is 2. The van der Waals surface area contributed by atoms with Crippen molar-refractivity contribution in [1.82, 2.24) is 10.2 Å². The van der Waals surface area contributed by atoms with E-state index >= 15 is 0 Å². The van der Waals surface area contributed by atoms with Gasteiger partial charge in [-0.2, -0.15) is 0 Å². The van der Waals surface area contributed by atoms with Gasteiger partial charge in [0.2, 0.25) is 21.8 Å². The van der Waals surface area contributed by atoms with Gasteiger partial charge in [0.25, 0.3) is 0 Å². The molecule has 0 spiro atoms. The number of halogens is 3. The van der Waals surface area contributed by atoms with Crippen molar-refractivity contribution in [2.24, 2.45) is 0 Å². The molecule has 0 fully saturated rings. The number of carbonyl (C=O) groups excluding carboxylic acids is 2. The summed E-state index contributed by atoms with van der Waals surface area (Å²) in [7, 11) is -3.66. The van der Waals surface area contributed by atoms with Crippen molar-refractivity contribution in [3.05, 3.63) is 63.9 Å². The van der Waals surface area contributed by atoms with Crippen LogP contribution in [0.4, 0.5) is 10.1 Å². The average Bonchev–Trinajstić information content (AvgIpc) is 2.75. The molecule has 2 aromatic carbocycles. The van der Waals surface area contributed by atoms with E-state index in [0.29, 0.717) is 21.3 Å². The van der Waals surface area contributed by atoms with Crippen LogP contribution in [0.15, 0.2) is 42.5 Å². The van der Waals surface area contributed by atoms with Crippen molar-refractivity contribution in [3.63, 3.8) is 0 Å². The molecule has 0 saturated carbocycles. The van der Waals surface area contributed by atoms with E-state index in [9.17, 15) is 22.4 Å². The highest BCUT2D eigenvalue weighted by Crippen LogP contribution is 2.24. The first-order valence-electron chi connectivity index (χ1n) is 11.1. The Morgan fingerprint density at radius 2 is 1.69 bits per heavy atom. The van der Waals surface area contributed by atoms with E-state index in [-0.39, 0.29) is 43.8 Å². The number of anilines is 1. The fraction of sp³-hybridized carbons (Fsp3) is 0.417. The fourth-order valence-electron chi connectivity index (χ4n) is 3.43. The number of rotatable bonds is 11. The summed E-state index contributed by atoms with van der Waals surface area (Å²) >= 11 is 12.3. The highest BCUT2D eigenvalue weighted by molar-refractivity contribution is 7.92. The van der Waals surface area contributed by atoms with Gasteiger partial charge in [0, 0.05) is 35.6 Å². The van der Waals surface area contributed by atoms with E-state index in [1.165, 1.54) is 29.2 Å². The van der Waals surface area contributed by atoms with Crippen LogP contribution in [0.25, 0.3) is 0 Å². The van der Waals surface area contributed by atoms with Gasteiger partial charge < -0.3 is 10.2 Å². The summed E-state index contributed by atoms with van der Waals surface area (Å²) in [6.07, 6.45) is 1.22. The second kappa shape index (κ2) is 12.6. The maximum Gasteiger partial charge on any atom is 0.242 e.